The third kappa shape index (κ3) is 1.84. The summed E-state index contributed by atoms with van der Waals surface area (Å²) in [6, 6.07) is 3.15. The number of nitrogens with zero attached hydrogens (tertiary/aromatic N) is 1. The Bertz CT molecular complexity index is 892. The molecule has 0 N–H and O–H groups in total. The largest absolute Gasteiger partial charge is 0.421 e. The van der Waals surface area contributed by atoms with Crippen molar-refractivity contribution in [2.45, 2.75) is 6.92 Å². The van der Waals surface area contributed by atoms with Crippen molar-refractivity contribution < 1.29 is 9.21 Å². The Labute approximate surface area is 117 Å². The van der Waals surface area contributed by atoms with Gasteiger partial charge in [-0.3, -0.25) is 9.36 Å². The smallest absolute Gasteiger partial charge is 0.345 e. The summed E-state index contributed by atoms with van der Waals surface area (Å²) >= 11 is 12.0. The average molecular weight is 296 g/mol. The lowest BCUT2D eigenvalue weighted by molar-refractivity contribution is 0.0937. The Morgan fingerprint density at radius 2 is 1.84 bits per heavy atom. The van der Waals surface area contributed by atoms with Crippen LogP contribution in [0.25, 0.3) is 21.7 Å². The zero-order valence-corrected chi connectivity index (χ0v) is 11.2. The Balaban J connectivity index is 2.58. The number of fused-ring (bicyclic) bond motifs is 3. The number of rotatable bonds is 0. The maximum Gasteiger partial charge on any atom is 0.345 e. The Morgan fingerprint density at radius 1 is 1.16 bits per heavy atom. The summed E-state index contributed by atoms with van der Waals surface area (Å²) in [5.41, 5.74) is -0.267. The minimum atomic E-state index is -0.535. The Morgan fingerprint density at radius 3 is 2.53 bits per heavy atom. The zero-order chi connectivity index (χ0) is 13.7. The van der Waals surface area contributed by atoms with Crippen LogP contribution >= 0.6 is 23.2 Å². The molecule has 0 spiro atoms. The molecule has 2 heterocycles. The van der Waals surface area contributed by atoms with Crippen molar-refractivity contribution in [1.29, 1.82) is 0 Å². The molecule has 0 amide bonds. The van der Waals surface area contributed by atoms with Crippen LogP contribution in [-0.4, -0.2) is 10.5 Å². The van der Waals surface area contributed by atoms with Gasteiger partial charge in [-0.1, -0.05) is 23.2 Å². The fourth-order valence-electron chi connectivity index (χ4n) is 2.03. The molecule has 3 rings (SSSR count). The van der Waals surface area contributed by atoms with E-state index in [-0.39, 0.29) is 16.5 Å². The molecule has 0 unspecified atom stereocenters. The highest BCUT2D eigenvalue weighted by Crippen LogP contribution is 2.31. The molecular formula is C13H7Cl2NO3. The van der Waals surface area contributed by atoms with E-state index in [4.69, 9.17) is 27.6 Å². The van der Waals surface area contributed by atoms with Gasteiger partial charge in [-0.15, -0.1) is 0 Å². The van der Waals surface area contributed by atoms with Gasteiger partial charge < -0.3 is 4.42 Å². The Kier molecular flexibility index (Phi) is 2.66. The summed E-state index contributed by atoms with van der Waals surface area (Å²) in [5, 5.41) is 2.21. The minimum Gasteiger partial charge on any atom is -0.421 e. The van der Waals surface area contributed by atoms with Gasteiger partial charge in [0.2, 0.25) is 5.91 Å². The first-order valence-corrected chi connectivity index (χ1v) is 6.17. The SMILES string of the molecule is CC(=O)n1cc2c(=O)oc3c(Cl)cc(Cl)cc3c2c1. The van der Waals surface area contributed by atoms with Crippen molar-refractivity contribution in [2.75, 3.05) is 0 Å². The quantitative estimate of drug-likeness (QED) is 0.594. The molecule has 0 aliphatic heterocycles. The predicted octanol–water partition coefficient (Wildman–Crippen LogP) is 3.71. The predicted molar refractivity (Wildman–Crippen MR) is 74.3 cm³/mol. The van der Waals surface area contributed by atoms with Gasteiger partial charge in [0.15, 0.2) is 5.58 Å². The standard InChI is InChI=1S/C13H7Cl2NO3/c1-6(17)16-4-9-8-2-7(14)3-11(15)12(8)19-13(18)10(9)5-16/h2-5H,1H3. The molecule has 4 nitrogen and oxygen atoms in total. The van der Waals surface area contributed by atoms with Gasteiger partial charge in [-0.05, 0) is 12.1 Å². The lowest BCUT2D eigenvalue weighted by Crippen LogP contribution is -2.01. The third-order valence-electron chi connectivity index (χ3n) is 2.90. The van der Waals surface area contributed by atoms with Crippen LogP contribution in [0.3, 0.4) is 0 Å². The number of halogens is 2. The molecule has 2 aromatic heterocycles. The molecule has 1 aromatic carbocycles. The van der Waals surface area contributed by atoms with Crippen molar-refractivity contribution in [1.82, 2.24) is 4.57 Å². The number of aromatic nitrogens is 1. The second-order valence-corrected chi connectivity index (χ2v) is 5.01. The van der Waals surface area contributed by atoms with Gasteiger partial charge in [0.05, 0.1) is 10.4 Å². The normalized spacial score (nSPS) is 11.3. The van der Waals surface area contributed by atoms with Crippen molar-refractivity contribution in [3.63, 3.8) is 0 Å². The fourth-order valence-corrected chi connectivity index (χ4v) is 2.56. The van der Waals surface area contributed by atoms with Gasteiger partial charge in [0, 0.05) is 35.1 Å². The molecule has 19 heavy (non-hydrogen) atoms. The second-order valence-electron chi connectivity index (χ2n) is 4.17. The van der Waals surface area contributed by atoms with Gasteiger partial charge in [-0.25, -0.2) is 4.79 Å². The van der Waals surface area contributed by atoms with Crippen LogP contribution in [0.4, 0.5) is 0 Å². The van der Waals surface area contributed by atoms with Crippen LogP contribution < -0.4 is 5.63 Å². The highest BCUT2D eigenvalue weighted by molar-refractivity contribution is 6.38. The summed E-state index contributed by atoms with van der Waals surface area (Å²) in [6.07, 6.45) is 3.02. The van der Waals surface area contributed by atoms with Crippen LogP contribution in [0.2, 0.25) is 10.0 Å². The van der Waals surface area contributed by atoms with E-state index in [1.807, 2.05) is 0 Å². The maximum absolute atomic E-state index is 11.9. The summed E-state index contributed by atoms with van der Waals surface area (Å²) in [7, 11) is 0. The molecule has 0 saturated carbocycles. The van der Waals surface area contributed by atoms with Crippen molar-refractivity contribution in [2.24, 2.45) is 0 Å². The monoisotopic (exact) mass is 295 g/mol. The van der Waals surface area contributed by atoms with E-state index >= 15 is 0 Å². The van der Waals surface area contributed by atoms with E-state index in [0.29, 0.717) is 21.2 Å². The Hall–Kier alpha value is -1.78. The van der Waals surface area contributed by atoms with Gasteiger partial charge >= 0.3 is 5.63 Å². The summed E-state index contributed by atoms with van der Waals surface area (Å²) < 4.78 is 6.51. The van der Waals surface area contributed by atoms with E-state index < -0.39 is 5.63 Å². The highest BCUT2D eigenvalue weighted by Gasteiger charge is 2.14. The third-order valence-corrected chi connectivity index (χ3v) is 3.40. The number of benzene rings is 1. The van der Waals surface area contributed by atoms with Crippen molar-refractivity contribution in [3.05, 3.63) is 45.0 Å². The average Bonchev–Trinajstić information content (AvgIpc) is 2.77. The molecule has 6 heteroatoms. The van der Waals surface area contributed by atoms with Crippen LogP contribution in [0, 0.1) is 0 Å². The molecule has 0 radical (unpaired) electrons. The lowest BCUT2D eigenvalue weighted by atomic mass is 10.1. The van der Waals surface area contributed by atoms with Gasteiger partial charge in [-0.2, -0.15) is 0 Å². The lowest BCUT2D eigenvalue weighted by Gasteiger charge is -2.01. The van der Waals surface area contributed by atoms with Crippen LogP contribution in [0.1, 0.15) is 11.7 Å². The number of carbonyl (C=O) groups is 1. The highest BCUT2D eigenvalue weighted by atomic mass is 35.5. The topological polar surface area (TPSA) is 52.2 Å². The van der Waals surface area contributed by atoms with Crippen LogP contribution in [0.15, 0.2) is 33.7 Å². The van der Waals surface area contributed by atoms with Crippen molar-refractivity contribution >= 4 is 50.9 Å². The van der Waals surface area contributed by atoms with E-state index in [9.17, 15) is 9.59 Å². The number of hydrogen-bond acceptors (Lipinski definition) is 3. The zero-order valence-electron chi connectivity index (χ0n) is 9.74. The molecule has 0 aliphatic carbocycles. The van der Waals surface area contributed by atoms with Crippen LogP contribution in [-0.2, 0) is 0 Å². The summed E-state index contributed by atoms with van der Waals surface area (Å²) in [5.74, 6) is -0.197. The molecule has 0 atom stereocenters. The van der Waals surface area contributed by atoms with E-state index in [2.05, 4.69) is 0 Å². The minimum absolute atomic E-state index is 0.197. The van der Waals surface area contributed by atoms with Gasteiger partial charge in [0.1, 0.15) is 0 Å². The molecule has 0 bridgehead atoms. The first-order chi connectivity index (χ1) is 8.97. The van der Waals surface area contributed by atoms with E-state index in [0.717, 1.165) is 0 Å². The second kappa shape index (κ2) is 4.11. The first kappa shape index (κ1) is 12.3. The van der Waals surface area contributed by atoms with E-state index in [1.165, 1.54) is 23.8 Å². The van der Waals surface area contributed by atoms with E-state index in [1.54, 1.807) is 12.3 Å². The van der Waals surface area contributed by atoms with Gasteiger partial charge in [0.25, 0.3) is 0 Å². The summed E-state index contributed by atoms with van der Waals surface area (Å²) in [6.45, 7) is 1.41. The molecule has 96 valence electrons. The molecule has 0 aliphatic rings. The molecule has 0 saturated heterocycles. The van der Waals surface area contributed by atoms with Crippen molar-refractivity contribution in [3.8, 4) is 0 Å². The van der Waals surface area contributed by atoms with Crippen LogP contribution in [0.5, 0.6) is 0 Å². The maximum atomic E-state index is 11.9. The fraction of sp³-hybridized carbons (Fsp3) is 0.0769. The molecule has 0 fully saturated rings. The summed E-state index contributed by atoms with van der Waals surface area (Å²) in [4.78, 5) is 23.3. The first-order valence-electron chi connectivity index (χ1n) is 5.42. The molecule has 3 aromatic rings. The molecular weight excluding hydrogens is 289 g/mol. The number of carbonyl (C=O) groups excluding carboxylic acids is 1. The number of hydrogen-bond donors (Lipinski definition) is 0.